The number of fused-ring (bicyclic) bond motifs is 2. The monoisotopic (exact) mass is 516 g/mol. The number of hydrogen-bond donors (Lipinski definition) is 0. The molecule has 1 atom stereocenters. The standard InChI is InChI=1S/C24H18Cl2N2O5S/c1-3-31-23(30)20-12(2)27-24-28(21(20)14-5-7-17-18(8-14)33-11-32-17)22(29)19(34-24)9-13-4-6-15(25)10-16(13)26/h4-10,21H,3,11H2,1-2H3/b19-9+/t21-/m0/s1. The molecule has 0 N–H and O–H groups in total. The maximum atomic E-state index is 13.6. The van der Waals surface area contributed by atoms with Gasteiger partial charge in [-0.1, -0.05) is 46.7 Å². The Morgan fingerprint density at radius 3 is 2.79 bits per heavy atom. The Labute approximate surface area is 208 Å². The van der Waals surface area contributed by atoms with Gasteiger partial charge in [-0.25, -0.2) is 9.79 Å². The Balaban J connectivity index is 1.73. The first kappa shape index (κ1) is 22.7. The van der Waals surface area contributed by atoms with Crippen LogP contribution >= 0.6 is 34.5 Å². The van der Waals surface area contributed by atoms with Gasteiger partial charge in [-0.3, -0.25) is 9.36 Å². The first-order chi connectivity index (χ1) is 16.4. The molecular formula is C24H18Cl2N2O5S. The third-order valence-electron chi connectivity index (χ3n) is 5.48. The highest BCUT2D eigenvalue weighted by molar-refractivity contribution is 7.07. The molecule has 0 saturated heterocycles. The third kappa shape index (κ3) is 3.91. The highest BCUT2D eigenvalue weighted by Gasteiger charge is 2.34. The Morgan fingerprint density at radius 1 is 1.24 bits per heavy atom. The number of carbonyl (C=O) groups excluding carboxylic acids is 1. The quantitative estimate of drug-likeness (QED) is 0.492. The van der Waals surface area contributed by atoms with Gasteiger partial charge in [-0.05, 0) is 55.3 Å². The van der Waals surface area contributed by atoms with E-state index in [2.05, 4.69) is 4.99 Å². The van der Waals surface area contributed by atoms with Crippen LogP contribution in [0.5, 0.6) is 11.5 Å². The van der Waals surface area contributed by atoms with Crippen molar-refractivity contribution in [2.75, 3.05) is 13.4 Å². The second-order valence-corrected chi connectivity index (χ2v) is 9.43. The molecule has 10 heteroatoms. The summed E-state index contributed by atoms with van der Waals surface area (Å²) in [4.78, 5) is 31.6. The minimum absolute atomic E-state index is 0.114. The summed E-state index contributed by atoms with van der Waals surface area (Å²) in [6.07, 6.45) is 1.70. The number of esters is 1. The molecule has 0 saturated carbocycles. The van der Waals surface area contributed by atoms with Crippen LogP contribution in [0.25, 0.3) is 6.08 Å². The Bertz CT molecular complexity index is 1540. The molecule has 0 amide bonds. The lowest BCUT2D eigenvalue weighted by atomic mass is 9.95. The van der Waals surface area contributed by atoms with Crippen molar-refractivity contribution in [3.63, 3.8) is 0 Å². The fourth-order valence-corrected chi connectivity index (χ4v) is 5.45. The van der Waals surface area contributed by atoms with Crippen molar-refractivity contribution in [2.24, 2.45) is 4.99 Å². The van der Waals surface area contributed by atoms with Crippen LogP contribution in [0.4, 0.5) is 0 Å². The van der Waals surface area contributed by atoms with Crippen molar-refractivity contribution < 1.29 is 19.0 Å². The summed E-state index contributed by atoms with van der Waals surface area (Å²) in [5.41, 5.74) is 1.81. The lowest BCUT2D eigenvalue weighted by Crippen LogP contribution is -2.39. The summed E-state index contributed by atoms with van der Waals surface area (Å²) in [7, 11) is 0. The number of hydrogen-bond acceptors (Lipinski definition) is 7. The van der Waals surface area contributed by atoms with Crippen molar-refractivity contribution in [1.82, 2.24) is 4.57 Å². The lowest BCUT2D eigenvalue weighted by Gasteiger charge is -2.24. The van der Waals surface area contributed by atoms with Gasteiger partial charge in [0, 0.05) is 10.0 Å². The average molecular weight is 517 g/mol. The number of thiazole rings is 1. The highest BCUT2D eigenvalue weighted by atomic mass is 35.5. The molecule has 3 aromatic rings. The number of benzene rings is 2. The van der Waals surface area contributed by atoms with Gasteiger partial charge in [0.05, 0.1) is 28.5 Å². The second-order valence-electron chi connectivity index (χ2n) is 7.58. The van der Waals surface area contributed by atoms with E-state index in [0.717, 1.165) is 0 Å². The number of ether oxygens (including phenoxy) is 3. The molecule has 2 aromatic carbocycles. The van der Waals surface area contributed by atoms with Crippen LogP contribution in [0, 0.1) is 0 Å². The minimum Gasteiger partial charge on any atom is -0.463 e. The van der Waals surface area contributed by atoms with Crippen LogP contribution in [0.3, 0.4) is 0 Å². The Morgan fingerprint density at radius 2 is 2.03 bits per heavy atom. The summed E-state index contributed by atoms with van der Waals surface area (Å²) < 4.78 is 18.2. The van der Waals surface area contributed by atoms with Crippen LogP contribution in [-0.2, 0) is 9.53 Å². The van der Waals surface area contributed by atoms with E-state index >= 15 is 0 Å². The molecule has 2 aliphatic rings. The predicted octanol–water partition coefficient (Wildman–Crippen LogP) is 3.83. The molecular weight excluding hydrogens is 499 g/mol. The fourth-order valence-electron chi connectivity index (χ4n) is 3.95. The molecule has 0 unspecified atom stereocenters. The Kier molecular flexibility index (Phi) is 5.97. The highest BCUT2D eigenvalue weighted by Crippen LogP contribution is 2.38. The molecule has 0 radical (unpaired) electrons. The average Bonchev–Trinajstić information content (AvgIpc) is 3.38. The predicted molar refractivity (Wildman–Crippen MR) is 129 cm³/mol. The van der Waals surface area contributed by atoms with E-state index in [4.69, 9.17) is 37.4 Å². The first-order valence-corrected chi connectivity index (χ1v) is 12.0. The lowest BCUT2D eigenvalue weighted by molar-refractivity contribution is -0.139. The van der Waals surface area contributed by atoms with Crippen molar-refractivity contribution in [3.05, 3.63) is 88.5 Å². The molecule has 0 bridgehead atoms. The van der Waals surface area contributed by atoms with Gasteiger partial charge in [0.25, 0.3) is 5.56 Å². The molecule has 1 aromatic heterocycles. The van der Waals surface area contributed by atoms with E-state index in [1.807, 2.05) is 6.07 Å². The van der Waals surface area contributed by atoms with Crippen LogP contribution in [0.15, 0.2) is 57.5 Å². The van der Waals surface area contributed by atoms with E-state index in [1.54, 1.807) is 50.3 Å². The van der Waals surface area contributed by atoms with Gasteiger partial charge in [-0.15, -0.1) is 0 Å². The van der Waals surface area contributed by atoms with Gasteiger partial charge in [0.2, 0.25) is 6.79 Å². The zero-order valence-electron chi connectivity index (χ0n) is 18.1. The van der Waals surface area contributed by atoms with Crippen LogP contribution in [0.2, 0.25) is 10.0 Å². The second kappa shape index (κ2) is 8.94. The molecule has 3 heterocycles. The van der Waals surface area contributed by atoms with Gasteiger partial charge < -0.3 is 14.2 Å². The zero-order chi connectivity index (χ0) is 24.0. The van der Waals surface area contributed by atoms with Gasteiger partial charge >= 0.3 is 5.97 Å². The molecule has 0 fully saturated rings. The van der Waals surface area contributed by atoms with Gasteiger partial charge in [0.15, 0.2) is 16.3 Å². The van der Waals surface area contributed by atoms with Crippen molar-refractivity contribution in [1.29, 1.82) is 0 Å². The fraction of sp³-hybridized carbons (Fsp3) is 0.208. The number of allylic oxidation sites excluding steroid dienone is 1. The SMILES string of the molecule is CCOC(=O)C1=C(C)N=c2s/c(=C/c3ccc(Cl)cc3Cl)c(=O)n2[C@H]1c1ccc2c(c1)OCO2. The summed E-state index contributed by atoms with van der Waals surface area (Å²) in [6, 6.07) is 9.67. The summed E-state index contributed by atoms with van der Waals surface area (Å²) in [5.74, 6) is 0.624. The Hall–Kier alpha value is -3.07. The van der Waals surface area contributed by atoms with E-state index in [-0.39, 0.29) is 19.0 Å². The van der Waals surface area contributed by atoms with Crippen molar-refractivity contribution >= 4 is 46.6 Å². The molecule has 34 heavy (non-hydrogen) atoms. The van der Waals surface area contributed by atoms with Crippen molar-refractivity contribution in [2.45, 2.75) is 19.9 Å². The summed E-state index contributed by atoms with van der Waals surface area (Å²) >= 11 is 13.5. The summed E-state index contributed by atoms with van der Waals surface area (Å²) in [5, 5.41) is 0.926. The van der Waals surface area contributed by atoms with Crippen LogP contribution < -0.4 is 24.4 Å². The van der Waals surface area contributed by atoms with E-state index < -0.39 is 12.0 Å². The van der Waals surface area contributed by atoms with E-state index in [9.17, 15) is 9.59 Å². The largest absolute Gasteiger partial charge is 0.463 e. The van der Waals surface area contributed by atoms with E-state index in [1.165, 1.54) is 15.9 Å². The molecule has 0 spiro atoms. The summed E-state index contributed by atoms with van der Waals surface area (Å²) in [6.45, 7) is 3.78. The first-order valence-electron chi connectivity index (χ1n) is 10.4. The van der Waals surface area contributed by atoms with E-state index in [0.29, 0.717) is 53.3 Å². The molecule has 0 aliphatic carbocycles. The van der Waals surface area contributed by atoms with Crippen LogP contribution in [-0.4, -0.2) is 23.9 Å². The number of halogens is 2. The topological polar surface area (TPSA) is 79.1 Å². The van der Waals surface area contributed by atoms with Crippen molar-refractivity contribution in [3.8, 4) is 11.5 Å². The molecule has 7 nitrogen and oxygen atoms in total. The number of rotatable bonds is 4. The smallest absolute Gasteiger partial charge is 0.338 e. The maximum Gasteiger partial charge on any atom is 0.338 e. The number of nitrogens with zero attached hydrogens (tertiary/aromatic N) is 2. The molecule has 2 aliphatic heterocycles. The minimum atomic E-state index is -0.743. The maximum absolute atomic E-state index is 13.6. The zero-order valence-corrected chi connectivity index (χ0v) is 20.5. The normalized spacial score (nSPS) is 16.9. The van der Waals surface area contributed by atoms with Gasteiger partial charge in [-0.2, -0.15) is 0 Å². The van der Waals surface area contributed by atoms with Gasteiger partial charge in [0.1, 0.15) is 0 Å². The molecule has 5 rings (SSSR count). The number of aromatic nitrogens is 1. The van der Waals surface area contributed by atoms with Crippen LogP contribution in [0.1, 0.15) is 31.0 Å². The number of carbonyl (C=O) groups is 1. The molecule has 174 valence electrons. The third-order valence-corrected chi connectivity index (χ3v) is 7.02.